The number of benzene rings is 1. The first-order valence-corrected chi connectivity index (χ1v) is 4.93. The normalized spacial score (nSPS) is 9.25. The summed E-state index contributed by atoms with van der Waals surface area (Å²) in [5, 5.41) is 24.0. The lowest BCUT2D eigenvalue weighted by atomic mass is 10.3. The monoisotopic (exact) mass is 226 g/mol. The van der Waals surface area contributed by atoms with Gasteiger partial charge in [-0.25, -0.2) is 0 Å². The summed E-state index contributed by atoms with van der Waals surface area (Å²) in [7, 11) is 0. The van der Waals surface area contributed by atoms with Crippen molar-refractivity contribution >= 4 is 0 Å². The molecule has 1 aromatic carbocycles. The van der Waals surface area contributed by atoms with Crippen LogP contribution >= 0.6 is 0 Å². The summed E-state index contributed by atoms with van der Waals surface area (Å²) in [6, 6.07) is 9.69. The third kappa shape index (κ3) is 7.99. The first-order chi connectivity index (χ1) is 7.74. The molecule has 0 amide bonds. The van der Waals surface area contributed by atoms with Gasteiger partial charge in [0, 0.05) is 0 Å². The van der Waals surface area contributed by atoms with E-state index in [1.807, 2.05) is 30.3 Å². The third-order valence-electron chi connectivity index (χ3n) is 1.53. The van der Waals surface area contributed by atoms with E-state index in [-0.39, 0.29) is 13.2 Å². The Morgan fingerprint density at radius 2 is 1.75 bits per heavy atom. The molecule has 0 radical (unpaired) electrons. The van der Waals surface area contributed by atoms with Gasteiger partial charge in [-0.05, 0) is 12.1 Å². The largest absolute Gasteiger partial charge is 0.490 e. The van der Waals surface area contributed by atoms with Gasteiger partial charge in [0.25, 0.3) is 0 Å². The molecule has 4 heteroatoms. The fraction of sp³-hybridized carbons (Fsp3) is 0.333. The summed E-state index contributed by atoms with van der Waals surface area (Å²) in [4.78, 5) is 0. The third-order valence-corrected chi connectivity index (χ3v) is 1.53. The Labute approximate surface area is 95.4 Å². The molecule has 0 heterocycles. The zero-order chi connectivity index (χ0) is 12.2. The van der Waals surface area contributed by atoms with Crippen LogP contribution in [-0.4, -0.2) is 41.2 Å². The number of rotatable bonds is 5. The molecule has 0 atom stereocenters. The van der Waals surface area contributed by atoms with Crippen LogP contribution in [0.4, 0.5) is 0 Å². The molecule has 1 aromatic rings. The van der Waals surface area contributed by atoms with E-state index in [9.17, 15) is 0 Å². The first kappa shape index (κ1) is 14.6. The lowest BCUT2D eigenvalue weighted by Crippen LogP contribution is -2.15. The standard InChI is InChI=1S/C9H10O.C3H8O3/c1-2-8-10-9-6-4-3-5-7-9;4-1-3(6)2-5/h2-7H,1,8H2;3-6H,1-2H2. The highest BCUT2D eigenvalue weighted by Gasteiger charge is 1.93. The molecule has 0 spiro atoms. The maximum Gasteiger partial charge on any atom is 0.119 e. The van der Waals surface area contributed by atoms with Crippen LogP contribution < -0.4 is 4.74 Å². The van der Waals surface area contributed by atoms with Crippen LogP contribution in [0.5, 0.6) is 5.75 Å². The van der Waals surface area contributed by atoms with Gasteiger partial charge in [-0.15, -0.1) is 0 Å². The van der Waals surface area contributed by atoms with Crippen molar-refractivity contribution in [3.8, 4) is 5.75 Å². The van der Waals surface area contributed by atoms with Crippen LogP contribution in [0.15, 0.2) is 43.0 Å². The van der Waals surface area contributed by atoms with Crippen molar-refractivity contribution in [3.63, 3.8) is 0 Å². The first-order valence-electron chi connectivity index (χ1n) is 4.93. The summed E-state index contributed by atoms with van der Waals surface area (Å²) >= 11 is 0. The molecule has 0 aliphatic rings. The lowest BCUT2D eigenvalue weighted by Gasteiger charge is -1.99. The quantitative estimate of drug-likeness (QED) is 0.642. The highest BCUT2D eigenvalue weighted by atomic mass is 16.5. The molecule has 0 aliphatic carbocycles. The summed E-state index contributed by atoms with van der Waals surface area (Å²) in [6.07, 6.45) is 0.775. The van der Waals surface area contributed by atoms with Crippen LogP contribution in [0.1, 0.15) is 0 Å². The highest BCUT2D eigenvalue weighted by Crippen LogP contribution is 2.07. The minimum atomic E-state index is -0.954. The summed E-state index contributed by atoms with van der Waals surface area (Å²) in [5.41, 5.74) is 0. The van der Waals surface area contributed by atoms with Gasteiger partial charge in [0.15, 0.2) is 0 Å². The van der Waals surface area contributed by atoms with Crippen LogP contribution in [0.2, 0.25) is 0 Å². The van der Waals surface area contributed by atoms with Gasteiger partial charge in [0.05, 0.1) is 13.2 Å². The van der Waals surface area contributed by atoms with Crippen molar-refractivity contribution in [1.29, 1.82) is 0 Å². The molecule has 0 aromatic heterocycles. The van der Waals surface area contributed by atoms with Gasteiger partial charge in [0.2, 0.25) is 0 Å². The second-order valence-electron chi connectivity index (χ2n) is 2.93. The molecule has 0 fully saturated rings. The molecular weight excluding hydrogens is 208 g/mol. The van der Waals surface area contributed by atoms with E-state index in [1.54, 1.807) is 6.08 Å². The van der Waals surface area contributed by atoms with E-state index in [2.05, 4.69) is 6.58 Å². The average Bonchev–Trinajstić information content (AvgIpc) is 2.37. The van der Waals surface area contributed by atoms with E-state index in [1.165, 1.54) is 0 Å². The maximum atomic E-state index is 8.17. The van der Waals surface area contributed by atoms with Crippen molar-refractivity contribution in [2.45, 2.75) is 6.10 Å². The predicted molar refractivity (Wildman–Crippen MR) is 62.3 cm³/mol. The fourth-order valence-electron chi connectivity index (χ4n) is 0.730. The average molecular weight is 226 g/mol. The lowest BCUT2D eigenvalue weighted by molar-refractivity contribution is 0.0450. The van der Waals surface area contributed by atoms with Crippen molar-refractivity contribution < 1.29 is 20.1 Å². The second-order valence-corrected chi connectivity index (χ2v) is 2.93. The Hall–Kier alpha value is -1.36. The van der Waals surface area contributed by atoms with Gasteiger partial charge in [-0.3, -0.25) is 0 Å². The molecule has 1 rings (SSSR count). The Kier molecular flexibility index (Phi) is 9.30. The summed E-state index contributed by atoms with van der Waals surface area (Å²) in [5.74, 6) is 0.891. The van der Waals surface area contributed by atoms with E-state index in [4.69, 9.17) is 20.1 Å². The predicted octanol–water partition coefficient (Wildman–Crippen LogP) is 0.583. The number of hydrogen-bond acceptors (Lipinski definition) is 4. The number of aliphatic hydroxyl groups is 3. The van der Waals surface area contributed by atoms with Crippen molar-refractivity contribution in [3.05, 3.63) is 43.0 Å². The van der Waals surface area contributed by atoms with Crippen molar-refractivity contribution in [2.24, 2.45) is 0 Å². The Bertz CT molecular complexity index is 257. The van der Waals surface area contributed by atoms with Gasteiger partial charge >= 0.3 is 0 Å². The zero-order valence-corrected chi connectivity index (χ0v) is 9.12. The van der Waals surface area contributed by atoms with Crippen LogP contribution in [0.3, 0.4) is 0 Å². The van der Waals surface area contributed by atoms with E-state index in [0.717, 1.165) is 5.75 Å². The molecule has 0 saturated carbocycles. The number of aliphatic hydroxyl groups excluding tert-OH is 3. The molecule has 0 unspecified atom stereocenters. The van der Waals surface area contributed by atoms with Crippen LogP contribution in [0.25, 0.3) is 0 Å². The van der Waals surface area contributed by atoms with Gasteiger partial charge in [-0.1, -0.05) is 30.9 Å². The zero-order valence-electron chi connectivity index (χ0n) is 9.12. The Morgan fingerprint density at radius 3 is 2.12 bits per heavy atom. The van der Waals surface area contributed by atoms with Crippen LogP contribution in [0, 0.1) is 0 Å². The van der Waals surface area contributed by atoms with Crippen molar-refractivity contribution in [1.82, 2.24) is 0 Å². The maximum absolute atomic E-state index is 8.17. The van der Waals surface area contributed by atoms with Gasteiger partial charge < -0.3 is 20.1 Å². The highest BCUT2D eigenvalue weighted by molar-refractivity contribution is 5.20. The molecule has 4 nitrogen and oxygen atoms in total. The molecular formula is C12H18O4. The molecule has 0 bridgehead atoms. The van der Waals surface area contributed by atoms with Gasteiger partial charge in [-0.2, -0.15) is 0 Å². The van der Waals surface area contributed by atoms with Gasteiger partial charge in [0.1, 0.15) is 18.5 Å². The molecule has 90 valence electrons. The Morgan fingerprint density at radius 1 is 1.19 bits per heavy atom. The number of ether oxygens (including phenoxy) is 1. The SMILES string of the molecule is C=CCOc1ccccc1.OCC(O)CO. The second kappa shape index (κ2) is 10.2. The summed E-state index contributed by atoms with van der Waals surface area (Å²) in [6.45, 7) is 3.40. The van der Waals surface area contributed by atoms with E-state index < -0.39 is 6.10 Å². The van der Waals surface area contributed by atoms with Crippen LogP contribution in [-0.2, 0) is 0 Å². The minimum absolute atomic E-state index is 0.365. The topological polar surface area (TPSA) is 69.9 Å². The molecule has 0 saturated heterocycles. The minimum Gasteiger partial charge on any atom is -0.490 e. The van der Waals surface area contributed by atoms with Crippen molar-refractivity contribution in [2.75, 3.05) is 19.8 Å². The fourth-order valence-corrected chi connectivity index (χ4v) is 0.730. The molecule has 16 heavy (non-hydrogen) atoms. The summed E-state index contributed by atoms with van der Waals surface area (Å²) < 4.78 is 5.24. The number of para-hydroxylation sites is 1. The Balaban J connectivity index is 0.000000325. The smallest absolute Gasteiger partial charge is 0.119 e. The number of hydrogen-bond donors (Lipinski definition) is 3. The molecule has 3 N–H and O–H groups in total. The molecule has 0 aliphatic heterocycles. The van der Waals surface area contributed by atoms with E-state index in [0.29, 0.717) is 6.61 Å². The van der Waals surface area contributed by atoms with E-state index >= 15 is 0 Å².